The topological polar surface area (TPSA) is 92.2 Å². The van der Waals surface area contributed by atoms with Gasteiger partial charge >= 0.3 is 11.4 Å². The largest absolute Gasteiger partial charge is 0.419 e. The summed E-state index contributed by atoms with van der Waals surface area (Å²) in [6.45, 7) is 1.37. The Kier molecular flexibility index (Phi) is 2.32. The van der Waals surface area contributed by atoms with E-state index < -0.39 is 11.4 Å². The molecule has 0 atom stereocenters. The number of rotatable bonds is 1. The Morgan fingerprint density at radius 2 is 2.12 bits per heavy atom. The number of hydrogen-bond acceptors (Lipinski definition) is 4. The molecule has 0 unspecified atom stereocenters. The Balaban J connectivity index is 2.66. The molecule has 0 radical (unpaired) electrons. The van der Waals surface area contributed by atoms with Crippen molar-refractivity contribution in [2.24, 2.45) is 0 Å². The lowest BCUT2D eigenvalue weighted by molar-refractivity contribution is -0.114. The second-order valence-electron chi connectivity index (χ2n) is 3.24. The summed E-state index contributed by atoms with van der Waals surface area (Å²) in [7, 11) is 0. The first-order chi connectivity index (χ1) is 7.56. The summed E-state index contributed by atoms with van der Waals surface area (Å²) in [5.41, 5.74) is 0.127. The first kappa shape index (κ1) is 10.2. The fraction of sp³-hybridized carbons (Fsp3) is 0.100. The SMILES string of the molecule is CC(=O)Nc1ccc2c(=O)oc(=O)[nH]c2c1. The number of benzene rings is 1. The average Bonchev–Trinajstić information content (AvgIpc) is 2.15. The number of nitrogens with one attached hydrogen (secondary N) is 2. The molecule has 0 fully saturated rings. The second kappa shape index (κ2) is 3.65. The van der Waals surface area contributed by atoms with Gasteiger partial charge in [0.1, 0.15) is 0 Å². The molecular formula is C10H8N2O4. The van der Waals surface area contributed by atoms with E-state index in [1.807, 2.05) is 0 Å². The van der Waals surface area contributed by atoms with E-state index in [-0.39, 0.29) is 11.3 Å². The van der Waals surface area contributed by atoms with Gasteiger partial charge in [0.2, 0.25) is 5.91 Å². The van der Waals surface area contributed by atoms with Gasteiger partial charge in [-0.15, -0.1) is 0 Å². The Morgan fingerprint density at radius 1 is 1.38 bits per heavy atom. The lowest BCUT2D eigenvalue weighted by Gasteiger charge is -2.02. The molecule has 2 aromatic rings. The minimum Gasteiger partial charge on any atom is -0.372 e. The third-order valence-corrected chi connectivity index (χ3v) is 1.98. The van der Waals surface area contributed by atoms with Gasteiger partial charge in [0.25, 0.3) is 0 Å². The van der Waals surface area contributed by atoms with Crippen molar-refractivity contribution in [3.05, 3.63) is 39.2 Å². The normalized spacial score (nSPS) is 10.3. The number of carbonyl (C=O) groups excluding carboxylic acids is 1. The number of hydrogen-bond donors (Lipinski definition) is 2. The third-order valence-electron chi connectivity index (χ3n) is 1.98. The number of fused-ring (bicyclic) bond motifs is 1. The van der Waals surface area contributed by atoms with Gasteiger partial charge < -0.3 is 9.73 Å². The van der Waals surface area contributed by atoms with Gasteiger partial charge in [-0.1, -0.05) is 0 Å². The molecule has 6 heteroatoms. The van der Waals surface area contributed by atoms with Crippen molar-refractivity contribution in [2.75, 3.05) is 5.32 Å². The van der Waals surface area contributed by atoms with Gasteiger partial charge in [-0.05, 0) is 18.2 Å². The Labute approximate surface area is 88.9 Å². The van der Waals surface area contributed by atoms with Crippen LogP contribution >= 0.6 is 0 Å². The van der Waals surface area contributed by atoms with E-state index in [1.54, 1.807) is 6.07 Å². The minimum absolute atomic E-state index is 0.232. The van der Waals surface area contributed by atoms with E-state index in [4.69, 9.17) is 0 Å². The summed E-state index contributed by atoms with van der Waals surface area (Å²) in [6, 6.07) is 4.52. The number of aromatic amines is 1. The molecule has 0 aliphatic heterocycles. The monoisotopic (exact) mass is 220 g/mol. The van der Waals surface area contributed by atoms with Gasteiger partial charge in [-0.2, -0.15) is 0 Å². The highest BCUT2D eigenvalue weighted by atomic mass is 16.4. The van der Waals surface area contributed by atoms with Crippen molar-refractivity contribution < 1.29 is 9.21 Å². The summed E-state index contributed by atoms with van der Waals surface area (Å²) in [5, 5.41) is 2.80. The number of amides is 1. The molecule has 0 bridgehead atoms. The lowest BCUT2D eigenvalue weighted by Crippen LogP contribution is -2.14. The smallest absolute Gasteiger partial charge is 0.372 e. The first-order valence-corrected chi connectivity index (χ1v) is 4.51. The number of anilines is 1. The molecule has 1 aromatic heterocycles. The number of carbonyl (C=O) groups is 1. The summed E-state index contributed by atoms with van der Waals surface area (Å²) in [6.07, 6.45) is 0. The molecule has 0 aliphatic rings. The summed E-state index contributed by atoms with van der Waals surface area (Å²) in [5.74, 6) is -1.05. The zero-order valence-electron chi connectivity index (χ0n) is 8.37. The van der Waals surface area contributed by atoms with Crippen LogP contribution in [0.15, 0.2) is 32.2 Å². The highest BCUT2D eigenvalue weighted by Crippen LogP contribution is 2.13. The minimum atomic E-state index is -0.822. The standard InChI is InChI=1S/C10H8N2O4/c1-5(13)11-6-2-3-7-8(4-6)12-10(15)16-9(7)14/h2-4H,1H3,(H,11,13)(H,12,15). The Morgan fingerprint density at radius 3 is 2.81 bits per heavy atom. The molecule has 0 spiro atoms. The number of aromatic nitrogens is 1. The summed E-state index contributed by atoms with van der Waals surface area (Å²) in [4.78, 5) is 35.4. The highest BCUT2D eigenvalue weighted by molar-refractivity contribution is 5.91. The second-order valence-corrected chi connectivity index (χ2v) is 3.24. The van der Waals surface area contributed by atoms with Crippen molar-refractivity contribution in [1.29, 1.82) is 0 Å². The van der Waals surface area contributed by atoms with Gasteiger partial charge in [0.05, 0.1) is 10.9 Å². The lowest BCUT2D eigenvalue weighted by atomic mass is 10.2. The van der Waals surface area contributed by atoms with Gasteiger partial charge in [0, 0.05) is 12.6 Å². The third kappa shape index (κ3) is 1.85. The molecule has 82 valence electrons. The highest BCUT2D eigenvalue weighted by Gasteiger charge is 2.04. The maximum absolute atomic E-state index is 11.3. The molecule has 6 nitrogen and oxygen atoms in total. The molecule has 0 saturated carbocycles. The Bertz CT molecular complexity index is 668. The van der Waals surface area contributed by atoms with E-state index in [1.165, 1.54) is 19.1 Å². The van der Waals surface area contributed by atoms with Crippen LogP contribution in [0.1, 0.15) is 6.92 Å². The van der Waals surface area contributed by atoms with Crippen LogP contribution in [-0.2, 0) is 4.79 Å². The summed E-state index contributed by atoms with van der Waals surface area (Å²) < 4.78 is 4.36. The van der Waals surface area contributed by atoms with Crippen molar-refractivity contribution in [3.8, 4) is 0 Å². The van der Waals surface area contributed by atoms with Crippen LogP contribution in [0.25, 0.3) is 10.9 Å². The first-order valence-electron chi connectivity index (χ1n) is 4.51. The molecule has 2 N–H and O–H groups in total. The van der Waals surface area contributed by atoms with Crippen molar-refractivity contribution in [2.45, 2.75) is 6.92 Å². The zero-order valence-corrected chi connectivity index (χ0v) is 8.37. The maximum Gasteiger partial charge on any atom is 0.419 e. The van der Waals surface area contributed by atoms with Crippen molar-refractivity contribution in [3.63, 3.8) is 0 Å². The van der Waals surface area contributed by atoms with Crippen LogP contribution in [0.2, 0.25) is 0 Å². The van der Waals surface area contributed by atoms with Gasteiger partial charge in [-0.3, -0.25) is 9.78 Å². The van der Waals surface area contributed by atoms with Crippen LogP contribution in [-0.4, -0.2) is 10.9 Å². The van der Waals surface area contributed by atoms with Gasteiger partial charge in [0.15, 0.2) is 0 Å². The molecule has 1 heterocycles. The van der Waals surface area contributed by atoms with E-state index in [9.17, 15) is 14.4 Å². The molecular weight excluding hydrogens is 212 g/mol. The van der Waals surface area contributed by atoms with E-state index in [0.29, 0.717) is 11.2 Å². The number of H-pyrrole nitrogens is 1. The molecule has 1 aromatic carbocycles. The van der Waals surface area contributed by atoms with Crippen molar-refractivity contribution in [1.82, 2.24) is 4.98 Å². The predicted octanol–water partition coefficient (Wildman–Crippen LogP) is 0.440. The van der Waals surface area contributed by atoms with E-state index in [0.717, 1.165) is 0 Å². The Hall–Kier alpha value is -2.37. The molecule has 0 aliphatic carbocycles. The predicted molar refractivity (Wildman–Crippen MR) is 57.4 cm³/mol. The van der Waals surface area contributed by atoms with Gasteiger partial charge in [-0.25, -0.2) is 9.59 Å². The maximum atomic E-state index is 11.3. The zero-order chi connectivity index (χ0) is 11.7. The molecule has 0 saturated heterocycles. The fourth-order valence-electron chi connectivity index (χ4n) is 1.38. The molecule has 2 rings (SSSR count). The quantitative estimate of drug-likeness (QED) is 0.729. The summed E-state index contributed by atoms with van der Waals surface area (Å²) >= 11 is 0. The van der Waals surface area contributed by atoms with Crippen molar-refractivity contribution >= 4 is 22.5 Å². The van der Waals surface area contributed by atoms with Crippen LogP contribution in [0.4, 0.5) is 5.69 Å². The van der Waals surface area contributed by atoms with E-state index in [2.05, 4.69) is 14.7 Å². The van der Waals surface area contributed by atoms with Crippen LogP contribution in [0.5, 0.6) is 0 Å². The fourth-order valence-corrected chi connectivity index (χ4v) is 1.38. The van der Waals surface area contributed by atoms with E-state index >= 15 is 0 Å². The van der Waals surface area contributed by atoms with Crippen LogP contribution < -0.4 is 16.7 Å². The molecule has 16 heavy (non-hydrogen) atoms. The molecule has 1 amide bonds. The van der Waals surface area contributed by atoms with Crippen LogP contribution in [0, 0.1) is 0 Å². The average molecular weight is 220 g/mol. The van der Waals surface area contributed by atoms with Crippen LogP contribution in [0.3, 0.4) is 0 Å².